The van der Waals surface area contributed by atoms with Gasteiger partial charge < -0.3 is 4.74 Å². The molecule has 0 saturated heterocycles. The number of nitriles is 1. The van der Waals surface area contributed by atoms with Crippen LogP contribution in [0.5, 0.6) is 5.88 Å². The number of hydrogen-bond donors (Lipinski definition) is 0. The lowest BCUT2D eigenvalue weighted by atomic mass is 9.89. The average molecular weight is 230 g/mol. The molecule has 0 radical (unpaired) electrons. The molecule has 0 spiro atoms. The molecular formula is C14H18N2O. The summed E-state index contributed by atoms with van der Waals surface area (Å²) in [4.78, 5) is 4.32. The van der Waals surface area contributed by atoms with Crippen LogP contribution in [-0.2, 0) is 0 Å². The van der Waals surface area contributed by atoms with Crippen molar-refractivity contribution in [3.8, 4) is 11.9 Å². The van der Waals surface area contributed by atoms with Crippen LogP contribution in [0.3, 0.4) is 0 Å². The zero-order chi connectivity index (χ0) is 12.3. The fourth-order valence-corrected chi connectivity index (χ4v) is 2.28. The number of hydrogen-bond acceptors (Lipinski definition) is 3. The van der Waals surface area contributed by atoms with Gasteiger partial charge in [0.1, 0.15) is 6.10 Å². The van der Waals surface area contributed by atoms with E-state index in [1.165, 1.54) is 12.8 Å². The van der Waals surface area contributed by atoms with E-state index < -0.39 is 0 Å². The SMILES string of the molecule is Cc1cc(C#N)cc(OC2CCC(C)CC2)n1. The molecule has 0 atom stereocenters. The average Bonchev–Trinajstić information content (AvgIpc) is 2.31. The molecule has 0 unspecified atom stereocenters. The number of aromatic nitrogens is 1. The van der Waals surface area contributed by atoms with Crippen LogP contribution in [0.1, 0.15) is 43.9 Å². The predicted molar refractivity (Wildman–Crippen MR) is 65.7 cm³/mol. The molecule has 0 aromatic carbocycles. The fourth-order valence-electron chi connectivity index (χ4n) is 2.28. The maximum absolute atomic E-state index is 8.89. The minimum Gasteiger partial charge on any atom is -0.474 e. The standard InChI is InChI=1S/C14H18N2O/c1-10-3-5-13(6-4-10)17-14-8-12(9-15)7-11(2)16-14/h7-8,10,13H,3-6H2,1-2H3. The highest BCUT2D eigenvalue weighted by Gasteiger charge is 2.20. The number of ether oxygens (including phenoxy) is 1. The molecule has 1 fully saturated rings. The Balaban J connectivity index is 2.03. The maximum atomic E-state index is 8.89. The van der Waals surface area contributed by atoms with Crippen LogP contribution in [0.4, 0.5) is 0 Å². The molecule has 0 amide bonds. The molecule has 1 aromatic rings. The molecule has 0 bridgehead atoms. The minimum absolute atomic E-state index is 0.270. The molecular weight excluding hydrogens is 212 g/mol. The van der Waals surface area contributed by atoms with Gasteiger partial charge in [0.25, 0.3) is 0 Å². The smallest absolute Gasteiger partial charge is 0.215 e. The Morgan fingerprint density at radius 1 is 1.29 bits per heavy atom. The number of pyridine rings is 1. The number of rotatable bonds is 2. The van der Waals surface area contributed by atoms with Crippen molar-refractivity contribution in [2.24, 2.45) is 5.92 Å². The molecule has 3 heteroatoms. The Kier molecular flexibility index (Phi) is 3.63. The van der Waals surface area contributed by atoms with Gasteiger partial charge in [0.05, 0.1) is 11.6 Å². The van der Waals surface area contributed by atoms with E-state index in [1.54, 1.807) is 12.1 Å². The van der Waals surface area contributed by atoms with E-state index in [1.807, 2.05) is 6.92 Å². The van der Waals surface area contributed by atoms with Crippen LogP contribution in [0.25, 0.3) is 0 Å². The zero-order valence-electron chi connectivity index (χ0n) is 10.4. The molecule has 1 aromatic heterocycles. The van der Waals surface area contributed by atoms with E-state index in [-0.39, 0.29) is 6.10 Å². The summed E-state index contributed by atoms with van der Waals surface area (Å²) in [6, 6.07) is 5.63. The van der Waals surface area contributed by atoms with Gasteiger partial charge in [-0.05, 0) is 44.6 Å². The van der Waals surface area contributed by atoms with Crippen LogP contribution in [0, 0.1) is 24.2 Å². The Morgan fingerprint density at radius 2 is 2.00 bits per heavy atom. The van der Waals surface area contributed by atoms with Gasteiger partial charge in [-0.2, -0.15) is 5.26 Å². The third-order valence-electron chi connectivity index (χ3n) is 3.31. The highest BCUT2D eigenvalue weighted by atomic mass is 16.5. The zero-order valence-corrected chi connectivity index (χ0v) is 10.4. The first-order valence-corrected chi connectivity index (χ1v) is 6.23. The Hall–Kier alpha value is -1.56. The van der Waals surface area contributed by atoms with Crippen molar-refractivity contribution in [3.05, 3.63) is 23.4 Å². The maximum Gasteiger partial charge on any atom is 0.215 e. The van der Waals surface area contributed by atoms with Crippen molar-refractivity contribution in [3.63, 3.8) is 0 Å². The van der Waals surface area contributed by atoms with Gasteiger partial charge in [-0.15, -0.1) is 0 Å². The van der Waals surface area contributed by atoms with Gasteiger partial charge in [0.15, 0.2) is 0 Å². The number of aryl methyl sites for hydroxylation is 1. The molecule has 0 N–H and O–H groups in total. The summed E-state index contributed by atoms with van der Waals surface area (Å²) in [5.41, 5.74) is 1.46. The summed E-state index contributed by atoms with van der Waals surface area (Å²) in [6.07, 6.45) is 4.91. The van der Waals surface area contributed by atoms with Crippen LogP contribution in [-0.4, -0.2) is 11.1 Å². The summed E-state index contributed by atoms with van der Waals surface area (Å²) in [6.45, 7) is 4.17. The third-order valence-corrected chi connectivity index (χ3v) is 3.31. The first-order valence-electron chi connectivity index (χ1n) is 6.23. The normalized spacial score (nSPS) is 24.1. The molecule has 2 rings (SSSR count). The molecule has 1 saturated carbocycles. The van der Waals surface area contributed by atoms with Crippen LogP contribution in [0.2, 0.25) is 0 Å². The molecule has 17 heavy (non-hydrogen) atoms. The quantitative estimate of drug-likeness (QED) is 0.783. The minimum atomic E-state index is 0.270. The third kappa shape index (κ3) is 3.20. The molecule has 3 nitrogen and oxygen atoms in total. The van der Waals surface area contributed by atoms with E-state index in [9.17, 15) is 0 Å². The van der Waals surface area contributed by atoms with Gasteiger partial charge in [0, 0.05) is 11.8 Å². The molecule has 0 aliphatic heterocycles. The molecule has 1 aliphatic rings. The van der Waals surface area contributed by atoms with Crippen LogP contribution in [0.15, 0.2) is 12.1 Å². The van der Waals surface area contributed by atoms with Crippen molar-refractivity contribution >= 4 is 0 Å². The largest absolute Gasteiger partial charge is 0.474 e. The topological polar surface area (TPSA) is 45.9 Å². The monoisotopic (exact) mass is 230 g/mol. The first-order chi connectivity index (χ1) is 8.17. The second-order valence-corrected chi connectivity index (χ2v) is 4.95. The van der Waals surface area contributed by atoms with E-state index in [0.717, 1.165) is 24.5 Å². The van der Waals surface area contributed by atoms with E-state index >= 15 is 0 Å². The van der Waals surface area contributed by atoms with Gasteiger partial charge in [0.2, 0.25) is 5.88 Å². The Bertz CT molecular complexity index is 428. The van der Waals surface area contributed by atoms with Crippen molar-refractivity contribution in [2.45, 2.75) is 45.6 Å². The predicted octanol–water partition coefficient (Wildman–Crippen LogP) is 3.22. The highest BCUT2D eigenvalue weighted by Crippen LogP contribution is 2.26. The van der Waals surface area contributed by atoms with Gasteiger partial charge in [-0.1, -0.05) is 6.92 Å². The lowest BCUT2D eigenvalue weighted by Gasteiger charge is -2.26. The van der Waals surface area contributed by atoms with Crippen molar-refractivity contribution in [1.82, 2.24) is 4.98 Å². The van der Waals surface area contributed by atoms with Crippen molar-refractivity contribution in [2.75, 3.05) is 0 Å². The Morgan fingerprint density at radius 3 is 2.65 bits per heavy atom. The van der Waals surface area contributed by atoms with Crippen LogP contribution >= 0.6 is 0 Å². The van der Waals surface area contributed by atoms with Crippen LogP contribution < -0.4 is 4.74 Å². The molecule has 1 aliphatic carbocycles. The van der Waals surface area contributed by atoms with Gasteiger partial charge in [-0.3, -0.25) is 0 Å². The van der Waals surface area contributed by atoms with E-state index in [0.29, 0.717) is 11.4 Å². The summed E-state index contributed by atoms with van der Waals surface area (Å²) in [7, 11) is 0. The summed E-state index contributed by atoms with van der Waals surface area (Å²) in [5.74, 6) is 1.41. The lowest BCUT2D eigenvalue weighted by molar-refractivity contribution is 0.130. The second kappa shape index (κ2) is 5.18. The van der Waals surface area contributed by atoms with Crippen molar-refractivity contribution in [1.29, 1.82) is 5.26 Å². The highest BCUT2D eigenvalue weighted by molar-refractivity contribution is 5.34. The first kappa shape index (κ1) is 11.9. The second-order valence-electron chi connectivity index (χ2n) is 4.95. The fraction of sp³-hybridized carbons (Fsp3) is 0.571. The van der Waals surface area contributed by atoms with E-state index in [2.05, 4.69) is 18.0 Å². The summed E-state index contributed by atoms with van der Waals surface area (Å²) < 4.78 is 5.86. The summed E-state index contributed by atoms with van der Waals surface area (Å²) in [5, 5.41) is 8.89. The Labute approximate surface area is 102 Å². The number of nitrogens with zero attached hydrogens (tertiary/aromatic N) is 2. The molecule has 1 heterocycles. The van der Waals surface area contributed by atoms with Gasteiger partial charge >= 0.3 is 0 Å². The lowest BCUT2D eigenvalue weighted by Crippen LogP contribution is -2.23. The molecule has 90 valence electrons. The van der Waals surface area contributed by atoms with Gasteiger partial charge in [-0.25, -0.2) is 4.98 Å². The van der Waals surface area contributed by atoms with E-state index in [4.69, 9.17) is 10.00 Å². The summed E-state index contributed by atoms with van der Waals surface area (Å²) >= 11 is 0. The van der Waals surface area contributed by atoms with Crippen molar-refractivity contribution < 1.29 is 4.74 Å².